The zero-order valence-corrected chi connectivity index (χ0v) is 28.7. The Morgan fingerprint density at radius 2 is 1.10 bits per heavy atom. The van der Waals surface area contributed by atoms with Crippen LogP contribution in [-0.4, -0.2) is 9.97 Å². The van der Waals surface area contributed by atoms with Crippen LogP contribution in [0.2, 0.25) is 0 Å². The van der Waals surface area contributed by atoms with E-state index in [1.807, 2.05) is 12.3 Å². The van der Waals surface area contributed by atoms with Crippen LogP contribution in [0.15, 0.2) is 146 Å². The molecule has 238 valence electrons. The second kappa shape index (κ2) is 12.5. The number of pyridine rings is 2. The van der Waals surface area contributed by atoms with Crippen LogP contribution in [0.1, 0.15) is 45.4 Å². The lowest BCUT2D eigenvalue weighted by molar-refractivity contribution is 0.590. The predicted octanol–water partition coefficient (Wildman–Crippen LogP) is 12.9. The number of fused-ring (bicyclic) bond motifs is 3. The fourth-order valence-corrected chi connectivity index (χ4v) is 7.31. The third-order valence-corrected chi connectivity index (χ3v) is 9.78. The van der Waals surface area contributed by atoms with Crippen LogP contribution in [0.25, 0.3) is 77.1 Å². The molecule has 0 unspecified atom stereocenters. The Balaban J connectivity index is 1.29. The first-order chi connectivity index (χ1) is 23.9. The molecular weight excluding hydrogens is 593 g/mol. The molecule has 0 N–H and O–H groups in total. The van der Waals surface area contributed by atoms with E-state index >= 15 is 0 Å². The van der Waals surface area contributed by atoms with Crippen LogP contribution in [0.4, 0.5) is 0 Å². The summed E-state index contributed by atoms with van der Waals surface area (Å²) in [6.45, 7) is 9.05. The van der Waals surface area contributed by atoms with Crippen LogP contribution < -0.4 is 0 Å². The van der Waals surface area contributed by atoms with Gasteiger partial charge in [0.05, 0.1) is 11.4 Å². The molecule has 0 radical (unpaired) electrons. The Bertz CT molecular complexity index is 2440. The van der Waals surface area contributed by atoms with Gasteiger partial charge in [-0.25, -0.2) is 4.98 Å². The molecule has 0 bridgehead atoms. The van der Waals surface area contributed by atoms with Crippen molar-refractivity contribution in [2.24, 2.45) is 0 Å². The molecule has 0 aliphatic rings. The van der Waals surface area contributed by atoms with Crippen molar-refractivity contribution < 1.29 is 0 Å². The normalized spacial score (nSPS) is 11.8. The number of aromatic nitrogens is 2. The predicted molar refractivity (Wildman–Crippen MR) is 209 cm³/mol. The van der Waals surface area contributed by atoms with Crippen molar-refractivity contribution in [3.63, 3.8) is 0 Å². The number of hydrogen-bond acceptors (Lipinski definition) is 2. The molecule has 0 aliphatic heterocycles. The van der Waals surface area contributed by atoms with Gasteiger partial charge in [-0.1, -0.05) is 137 Å². The maximum Gasteiger partial charge on any atom is 0.0727 e. The lowest BCUT2D eigenvalue weighted by Gasteiger charge is -2.22. The third kappa shape index (κ3) is 5.68. The minimum absolute atomic E-state index is 0.0685. The smallest absolute Gasteiger partial charge is 0.0727 e. The van der Waals surface area contributed by atoms with Gasteiger partial charge in [-0.05, 0) is 108 Å². The van der Waals surface area contributed by atoms with Gasteiger partial charge in [-0.3, -0.25) is 4.98 Å². The Labute approximate surface area is 289 Å². The van der Waals surface area contributed by atoms with Gasteiger partial charge in [0.1, 0.15) is 0 Å². The lowest BCUT2D eigenvalue weighted by atomic mass is 9.82. The van der Waals surface area contributed by atoms with Gasteiger partial charge in [0, 0.05) is 23.0 Å². The number of hydrogen-bond donors (Lipinski definition) is 0. The fourth-order valence-electron chi connectivity index (χ4n) is 7.31. The summed E-state index contributed by atoms with van der Waals surface area (Å²) >= 11 is 0. The Kier molecular flexibility index (Phi) is 7.80. The van der Waals surface area contributed by atoms with Crippen molar-refractivity contribution in [2.45, 2.75) is 46.0 Å². The highest BCUT2D eigenvalue weighted by atomic mass is 14.7. The van der Waals surface area contributed by atoms with E-state index in [2.05, 4.69) is 166 Å². The van der Waals surface area contributed by atoms with Crippen LogP contribution in [-0.2, 0) is 11.8 Å². The number of aryl methyl sites for hydroxylation is 1. The Morgan fingerprint density at radius 3 is 1.76 bits per heavy atom. The lowest BCUT2D eigenvalue weighted by Crippen LogP contribution is -2.10. The first-order valence-corrected chi connectivity index (χ1v) is 17.4. The summed E-state index contributed by atoms with van der Waals surface area (Å²) in [7, 11) is 0. The first-order valence-electron chi connectivity index (χ1n) is 17.4. The van der Waals surface area contributed by atoms with Crippen molar-refractivity contribution in [1.82, 2.24) is 9.97 Å². The van der Waals surface area contributed by atoms with E-state index in [0.717, 1.165) is 41.1 Å². The molecule has 0 spiro atoms. The summed E-state index contributed by atoms with van der Waals surface area (Å²) in [6, 6.07) is 51.0. The Hall–Kier alpha value is -5.60. The largest absolute Gasteiger partial charge is 0.261 e. The second-order valence-electron chi connectivity index (χ2n) is 14.1. The molecule has 0 aliphatic carbocycles. The summed E-state index contributed by atoms with van der Waals surface area (Å²) in [5.74, 6) is 0. The van der Waals surface area contributed by atoms with E-state index in [1.165, 1.54) is 60.1 Å². The molecule has 2 nitrogen and oxygen atoms in total. The van der Waals surface area contributed by atoms with Gasteiger partial charge in [-0.15, -0.1) is 0 Å². The van der Waals surface area contributed by atoms with Crippen LogP contribution in [0.3, 0.4) is 0 Å². The zero-order chi connectivity index (χ0) is 33.5. The maximum absolute atomic E-state index is 5.15. The van der Waals surface area contributed by atoms with Gasteiger partial charge >= 0.3 is 0 Å². The highest BCUT2D eigenvalue weighted by Gasteiger charge is 2.19. The summed E-state index contributed by atoms with van der Waals surface area (Å²) in [4.78, 5) is 9.81. The van der Waals surface area contributed by atoms with Crippen molar-refractivity contribution in [1.29, 1.82) is 0 Å². The average Bonchev–Trinajstić information content (AvgIpc) is 3.13. The number of benzene rings is 6. The van der Waals surface area contributed by atoms with Gasteiger partial charge in [0.15, 0.2) is 0 Å². The maximum atomic E-state index is 5.15. The van der Waals surface area contributed by atoms with E-state index in [9.17, 15) is 0 Å². The van der Waals surface area contributed by atoms with Gasteiger partial charge in [-0.2, -0.15) is 0 Å². The minimum atomic E-state index is 0.0685. The molecule has 2 heteroatoms. The van der Waals surface area contributed by atoms with Crippen LogP contribution in [0, 0.1) is 0 Å². The Morgan fingerprint density at radius 1 is 0.510 bits per heavy atom. The van der Waals surface area contributed by atoms with E-state index in [1.54, 1.807) is 0 Å². The summed E-state index contributed by atoms with van der Waals surface area (Å²) < 4.78 is 0. The fraction of sp³-hybridized carbons (Fsp3) is 0.149. The minimum Gasteiger partial charge on any atom is -0.261 e. The van der Waals surface area contributed by atoms with E-state index in [0.29, 0.717) is 0 Å². The molecule has 0 atom stereocenters. The summed E-state index contributed by atoms with van der Waals surface area (Å²) in [5.41, 5.74) is 11.7. The summed E-state index contributed by atoms with van der Waals surface area (Å²) in [5, 5.41) is 7.49. The monoisotopic (exact) mass is 632 g/mol. The van der Waals surface area contributed by atoms with Crippen LogP contribution >= 0.6 is 0 Å². The molecule has 6 aromatic carbocycles. The molecule has 2 heterocycles. The third-order valence-electron chi connectivity index (χ3n) is 9.78. The molecule has 49 heavy (non-hydrogen) atoms. The molecule has 8 aromatic rings. The standard InChI is InChI=1S/C47H40N2/c1-5-13-43-41(20-12-27-48-43)44-22-11-21-42(49-44)32-25-23-31-24-26-34(29-35(31)28-32)46-39-18-8-6-16-37(39)45(38-17-7-9-19-40(38)46)33-14-10-15-36(30-33)47(2,3)4/h6-12,14-30H,5,13H2,1-4H3. The van der Waals surface area contributed by atoms with Crippen molar-refractivity contribution in [2.75, 3.05) is 0 Å². The van der Waals surface area contributed by atoms with E-state index < -0.39 is 0 Å². The SMILES string of the molecule is CCCc1ncccc1-c1cccc(-c2ccc3ccc(-c4c5ccccc5c(-c5cccc(C(C)(C)C)c5)c5ccccc45)cc3c2)n1. The van der Waals surface area contributed by atoms with Crippen molar-refractivity contribution in [3.05, 3.63) is 157 Å². The topological polar surface area (TPSA) is 25.8 Å². The van der Waals surface area contributed by atoms with Crippen molar-refractivity contribution >= 4 is 32.3 Å². The highest BCUT2D eigenvalue weighted by Crippen LogP contribution is 2.44. The van der Waals surface area contributed by atoms with E-state index in [-0.39, 0.29) is 5.41 Å². The molecule has 2 aromatic heterocycles. The van der Waals surface area contributed by atoms with Gasteiger partial charge in [0.25, 0.3) is 0 Å². The molecule has 0 saturated carbocycles. The van der Waals surface area contributed by atoms with Crippen molar-refractivity contribution in [3.8, 4) is 44.8 Å². The van der Waals surface area contributed by atoms with Crippen LogP contribution in [0.5, 0.6) is 0 Å². The quantitative estimate of drug-likeness (QED) is 0.170. The second-order valence-corrected chi connectivity index (χ2v) is 14.1. The van der Waals surface area contributed by atoms with Gasteiger partial charge < -0.3 is 0 Å². The molecular formula is C47H40N2. The molecule has 0 fully saturated rings. The molecule has 0 amide bonds. The van der Waals surface area contributed by atoms with E-state index in [4.69, 9.17) is 4.98 Å². The number of nitrogens with zero attached hydrogens (tertiary/aromatic N) is 2. The van der Waals surface area contributed by atoms with Gasteiger partial charge in [0.2, 0.25) is 0 Å². The zero-order valence-electron chi connectivity index (χ0n) is 28.7. The number of rotatable bonds is 6. The summed E-state index contributed by atoms with van der Waals surface area (Å²) in [6.07, 6.45) is 3.87. The first kappa shape index (κ1) is 30.7. The molecule has 8 rings (SSSR count). The average molecular weight is 633 g/mol. The molecule has 0 saturated heterocycles. The highest BCUT2D eigenvalue weighted by molar-refractivity contribution is 6.21.